The average Bonchev–Trinajstić information content (AvgIpc) is 4.12. The van der Waals surface area contributed by atoms with Gasteiger partial charge in [-0.1, -0.05) is 261 Å². The fourth-order valence-corrected chi connectivity index (χ4v) is 9.69. The second kappa shape index (κ2) is 42.3. The number of aromatic nitrogens is 1. The lowest BCUT2D eigenvalue weighted by atomic mass is 9.88. The van der Waals surface area contributed by atoms with Crippen LogP contribution in [-0.2, 0) is 12.8 Å². The van der Waals surface area contributed by atoms with E-state index in [-0.39, 0.29) is 6.10 Å². The lowest BCUT2D eigenvalue weighted by Crippen LogP contribution is -2.33. The Morgan fingerprint density at radius 2 is 0.863 bits per heavy atom. The van der Waals surface area contributed by atoms with Gasteiger partial charge in [-0.05, 0) is 166 Å². The van der Waals surface area contributed by atoms with Gasteiger partial charge in [0.05, 0.1) is 0 Å². The van der Waals surface area contributed by atoms with Crippen molar-refractivity contribution in [3.05, 3.63) is 153 Å². The first-order chi connectivity index (χ1) is 38.0. The molecule has 0 saturated carbocycles. The molecule has 3 aliphatic rings. The fourth-order valence-electron chi connectivity index (χ4n) is 9.69. The Bertz CT molecular complexity index is 2160. The zero-order chi connectivity index (χ0) is 62.0. The summed E-state index contributed by atoms with van der Waals surface area (Å²) in [5, 5.41) is 0. The Morgan fingerprint density at radius 3 is 1.30 bits per heavy atom. The highest BCUT2D eigenvalue weighted by atomic mass is 16.6. The topological polar surface area (TPSA) is 34.6 Å². The van der Waals surface area contributed by atoms with E-state index >= 15 is 0 Å². The zero-order valence-electron chi connectivity index (χ0n) is 57.9. The van der Waals surface area contributed by atoms with Crippen LogP contribution in [-0.4, -0.2) is 30.3 Å². The maximum Gasteiger partial charge on any atom is 0.162 e. The van der Waals surface area contributed by atoms with Crippen LogP contribution in [0.2, 0.25) is 0 Å². The van der Waals surface area contributed by atoms with Crippen LogP contribution >= 0.6 is 0 Å². The Morgan fingerprint density at radius 1 is 0.425 bits per heavy atom. The summed E-state index contributed by atoms with van der Waals surface area (Å²) in [5.74, 6) is 8.13. The summed E-state index contributed by atoms with van der Waals surface area (Å²) in [6.07, 6.45) is 7.97. The Kier molecular flexibility index (Phi) is 41.0. The second-order valence-corrected chi connectivity index (χ2v) is 23.4. The molecule has 0 fully saturated rings. The number of fused-ring (bicyclic) bond motifs is 3. The minimum Gasteiger partial charge on any atom is -0.486 e. The molecule has 454 valence electrons. The minimum absolute atomic E-state index is 0.176. The Hall–Kier alpha value is -4.57. The van der Waals surface area contributed by atoms with Gasteiger partial charge >= 0.3 is 0 Å². The van der Waals surface area contributed by atoms with Crippen molar-refractivity contribution in [3.63, 3.8) is 0 Å². The number of benzene rings is 4. The molecule has 4 nitrogen and oxygen atoms in total. The number of hydrogen-bond donors (Lipinski definition) is 0. The summed E-state index contributed by atoms with van der Waals surface area (Å²) in [7, 11) is 0. The van der Waals surface area contributed by atoms with Gasteiger partial charge in [-0.15, -0.1) is 0 Å². The molecule has 4 aromatic carbocycles. The molecule has 0 bridgehead atoms. The Labute approximate surface area is 498 Å². The zero-order valence-corrected chi connectivity index (χ0v) is 57.9. The minimum atomic E-state index is 0.176. The summed E-state index contributed by atoms with van der Waals surface area (Å²) in [6.45, 7) is 66.7. The van der Waals surface area contributed by atoms with Gasteiger partial charge < -0.3 is 14.4 Å². The van der Waals surface area contributed by atoms with Gasteiger partial charge in [0, 0.05) is 30.7 Å². The van der Waals surface area contributed by atoms with Crippen molar-refractivity contribution in [2.75, 3.05) is 18.1 Å². The molecule has 2 atom stereocenters. The lowest BCUT2D eigenvalue weighted by molar-refractivity contribution is 0.0589. The van der Waals surface area contributed by atoms with Crippen molar-refractivity contribution >= 4 is 5.69 Å². The summed E-state index contributed by atoms with van der Waals surface area (Å²) in [5.41, 5.74) is 16.3. The Balaban J connectivity index is 0. The summed E-state index contributed by atoms with van der Waals surface area (Å²) in [4.78, 5) is 6.74. The fraction of sp³-hybridized carbons (Fsp3) is 0.618. The van der Waals surface area contributed by atoms with E-state index in [0.29, 0.717) is 60.0 Å². The molecule has 0 radical (unpaired) electrons. The monoisotopic (exact) mass is 1100 g/mol. The maximum absolute atomic E-state index is 5.96. The molecule has 4 heteroatoms. The SMILES string of the molecule is CC.CC.CC.CC.CC.CC(C)c1ccc2c(c1)OC(C(C)C)CO2.CC(C)c1cccc(C(C)C)c1.CC(C)c1cccc2c1CCC2C(C)C.CC(C)c1cccc2c1CCN2C(C)C.CC(C)c1cncc(C(C)C)c1. The molecule has 2 aliphatic heterocycles. The predicted octanol–water partition coefficient (Wildman–Crippen LogP) is 24.1. The van der Waals surface area contributed by atoms with Crippen molar-refractivity contribution < 1.29 is 9.47 Å². The number of anilines is 1. The number of pyridine rings is 1. The van der Waals surface area contributed by atoms with Gasteiger partial charge in [-0.25, -0.2) is 0 Å². The van der Waals surface area contributed by atoms with E-state index < -0.39 is 0 Å². The van der Waals surface area contributed by atoms with E-state index in [4.69, 9.17) is 9.47 Å². The van der Waals surface area contributed by atoms with E-state index in [1.54, 1.807) is 22.3 Å². The van der Waals surface area contributed by atoms with Gasteiger partial charge in [0.15, 0.2) is 11.5 Å². The van der Waals surface area contributed by atoms with E-state index in [9.17, 15) is 0 Å². The maximum atomic E-state index is 5.96. The standard InChI is InChI=1S/C15H22.C14H21N.C14H20O2.C12H18.C11H17N.5C2H6/c1-10(2)12-6-5-7-14-13(11(3)4)8-9-15(12)14;1-10(2)12-6-5-7-14-13(12)8-9-15(14)11(3)4;1-9(2)11-5-6-12-13(7-11)16-14(8-15-12)10(3)4;1-9(2)11-6-5-7-12(8-11)10(3)4;1-8(2)10-5-11(9(3)4)7-12-6-10;5*1-2/h5-7,10-11,13H,8-9H2,1-4H3;5-7,10-11H,8-9H2,1-4H3;5-7,9-10,14H,8H2,1-4H3;5-10H,1-4H3;5-9H,1-4H3;5*1-2H3. The molecule has 0 N–H and O–H groups in total. The molecule has 5 aromatic rings. The summed E-state index contributed by atoms with van der Waals surface area (Å²) in [6, 6.07) is 31.7. The third-order valence-electron chi connectivity index (χ3n) is 14.5. The molecule has 1 aliphatic carbocycles. The highest BCUT2D eigenvalue weighted by Gasteiger charge is 2.28. The molecule has 1 aromatic heterocycles. The number of rotatable bonds is 10. The van der Waals surface area contributed by atoms with Crippen LogP contribution in [0.4, 0.5) is 5.69 Å². The van der Waals surface area contributed by atoms with Crippen LogP contribution in [0.3, 0.4) is 0 Å². The van der Waals surface area contributed by atoms with Crippen molar-refractivity contribution in [3.8, 4) is 11.5 Å². The van der Waals surface area contributed by atoms with Gasteiger partial charge in [0.2, 0.25) is 0 Å². The molecule has 0 spiro atoms. The third-order valence-corrected chi connectivity index (χ3v) is 14.5. The highest BCUT2D eigenvalue weighted by Crippen LogP contribution is 2.41. The van der Waals surface area contributed by atoms with Crippen LogP contribution in [0.5, 0.6) is 11.5 Å². The van der Waals surface area contributed by atoms with Crippen molar-refractivity contribution in [2.45, 2.75) is 286 Å². The second-order valence-electron chi connectivity index (χ2n) is 23.4. The molecule has 3 heterocycles. The quantitative estimate of drug-likeness (QED) is 0.140. The number of nitrogens with zero attached hydrogens (tertiary/aromatic N) is 2. The smallest absolute Gasteiger partial charge is 0.162 e. The van der Waals surface area contributed by atoms with E-state index in [1.807, 2.05) is 87.7 Å². The van der Waals surface area contributed by atoms with E-state index in [0.717, 1.165) is 23.3 Å². The van der Waals surface area contributed by atoms with Crippen LogP contribution in [0.1, 0.15) is 317 Å². The van der Waals surface area contributed by atoms with E-state index in [2.05, 4.69) is 227 Å². The summed E-state index contributed by atoms with van der Waals surface area (Å²) >= 11 is 0. The molecule has 0 saturated heterocycles. The van der Waals surface area contributed by atoms with Crippen molar-refractivity contribution in [1.29, 1.82) is 0 Å². The summed E-state index contributed by atoms with van der Waals surface area (Å²) < 4.78 is 11.7. The highest BCUT2D eigenvalue weighted by molar-refractivity contribution is 5.62. The molecule has 8 rings (SSSR count). The first-order valence-electron chi connectivity index (χ1n) is 32.5. The van der Waals surface area contributed by atoms with Crippen LogP contribution in [0.25, 0.3) is 0 Å². The van der Waals surface area contributed by atoms with Gasteiger partial charge in [-0.3, -0.25) is 4.98 Å². The van der Waals surface area contributed by atoms with Crippen LogP contribution in [0.15, 0.2) is 97.3 Å². The third kappa shape index (κ3) is 25.3. The normalized spacial score (nSPS) is 14.2. The first-order valence-corrected chi connectivity index (χ1v) is 32.5. The number of hydrogen-bond acceptors (Lipinski definition) is 4. The molecular formula is C76H128N2O2. The lowest BCUT2D eigenvalue weighted by Gasteiger charge is -2.29. The predicted molar refractivity (Wildman–Crippen MR) is 362 cm³/mol. The van der Waals surface area contributed by atoms with Crippen LogP contribution in [0, 0.1) is 11.8 Å². The van der Waals surface area contributed by atoms with Crippen molar-refractivity contribution in [1.82, 2.24) is 4.98 Å². The number of ether oxygens (including phenoxy) is 2. The van der Waals surface area contributed by atoms with E-state index in [1.165, 1.54) is 64.9 Å². The first kappa shape index (κ1) is 77.5. The average molecular weight is 1100 g/mol. The molecule has 2 unspecified atom stereocenters. The van der Waals surface area contributed by atoms with Gasteiger partial charge in [-0.2, -0.15) is 0 Å². The van der Waals surface area contributed by atoms with Gasteiger partial charge in [0.1, 0.15) is 12.7 Å². The van der Waals surface area contributed by atoms with Gasteiger partial charge in [0.25, 0.3) is 0 Å². The molecular weight excluding hydrogens is 973 g/mol. The van der Waals surface area contributed by atoms with Crippen LogP contribution < -0.4 is 14.4 Å². The molecule has 80 heavy (non-hydrogen) atoms. The molecule has 0 amide bonds. The largest absolute Gasteiger partial charge is 0.486 e. The van der Waals surface area contributed by atoms with Crippen molar-refractivity contribution in [2.24, 2.45) is 11.8 Å².